The fourth-order valence-electron chi connectivity index (χ4n) is 3.46. The van der Waals surface area contributed by atoms with Crippen molar-refractivity contribution >= 4 is 17.3 Å². The molecule has 0 saturated carbocycles. The van der Waals surface area contributed by atoms with Crippen LogP contribution in [0.15, 0.2) is 34.6 Å². The van der Waals surface area contributed by atoms with Crippen molar-refractivity contribution in [2.24, 2.45) is 4.99 Å². The molecule has 1 fully saturated rings. The molecule has 1 atom stereocenters. The minimum absolute atomic E-state index is 0.137. The highest BCUT2D eigenvalue weighted by atomic mass is 32.1. The predicted molar refractivity (Wildman–Crippen MR) is 112 cm³/mol. The van der Waals surface area contributed by atoms with E-state index >= 15 is 0 Å². The summed E-state index contributed by atoms with van der Waals surface area (Å²) in [6.45, 7) is 2.83. The zero-order valence-electron chi connectivity index (χ0n) is 17.0. The third-order valence-corrected chi connectivity index (χ3v) is 5.84. The number of guanidine groups is 1. The van der Waals surface area contributed by atoms with Crippen molar-refractivity contribution < 1.29 is 17.9 Å². The number of hydrogen-bond donors (Lipinski definition) is 2. The predicted octanol–water partition coefficient (Wildman–Crippen LogP) is 3.67. The average molecular weight is 442 g/mol. The van der Waals surface area contributed by atoms with Crippen molar-refractivity contribution in [3.8, 4) is 5.75 Å². The van der Waals surface area contributed by atoms with E-state index in [1.807, 2.05) is 18.2 Å². The van der Waals surface area contributed by atoms with Crippen LogP contribution < -0.4 is 15.4 Å². The molecule has 2 heterocycles. The van der Waals surface area contributed by atoms with Crippen LogP contribution in [0.1, 0.15) is 35.1 Å². The zero-order chi connectivity index (χ0) is 21.6. The summed E-state index contributed by atoms with van der Waals surface area (Å²) in [5, 5.41) is 7.73. The van der Waals surface area contributed by atoms with Crippen molar-refractivity contribution in [1.82, 2.24) is 20.5 Å². The molecule has 0 amide bonds. The quantitative estimate of drug-likeness (QED) is 0.507. The second kappa shape index (κ2) is 10.1. The average Bonchev–Trinajstić information content (AvgIpc) is 3.42. The maximum absolute atomic E-state index is 12.7. The van der Waals surface area contributed by atoms with Crippen molar-refractivity contribution in [2.75, 3.05) is 33.8 Å². The summed E-state index contributed by atoms with van der Waals surface area (Å²) in [6, 6.07) is 8.15. The Morgan fingerprint density at radius 1 is 1.30 bits per heavy atom. The minimum Gasteiger partial charge on any atom is -0.497 e. The van der Waals surface area contributed by atoms with Gasteiger partial charge in [0, 0.05) is 19.0 Å². The third-order valence-electron chi connectivity index (χ3n) is 5.00. The first-order valence-electron chi connectivity index (χ1n) is 9.75. The lowest BCUT2D eigenvalue weighted by molar-refractivity contribution is -0.140. The summed E-state index contributed by atoms with van der Waals surface area (Å²) in [5.41, 5.74) is 0.285. The minimum atomic E-state index is -4.42. The highest BCUT2D eigenvalue weighted by molar-refractivity contribution is 7.09. The van der Waals surface area contributed by atoms with Crippen LogP contribution in [0.25, 0.3) is 0 Å². The molecular formula is C20H26F3N5OS. The van der Waals surface area contributed by atoms with E-state index in [0.717, 1.165) is 41.1 Å². The van der Waals surface area contributed by atoms with Crippen molar-refractivity contribution in [2.45, 2.75) is 31.6 Å². The van der Waals surface area contributed by atoms with E-state index in [1.54, 1.807) is 14.2 Å². The molecule has 6 nitrogen and oxygen atoms in total. The van der Waals surface area contributed by atoms with Crippen LogP contribution in [0, 0.1) is 0 Å². The van der Waals surface area contributed by atoms with Gasteiger partial charge in [-0.15, -0.1) is 11.3 Å². The van der Waals surface area contributed by atoms with E-state index in [1.165, 1.54) is 12.8 Å². The summed E-state index contributed by atoms with van der Waals surface area (Å²) in [6.07, 6.45) is -2.09. The Balaban J connectivity index is 1.62. The van der Waals surface area contributed by atoms with Gasteiger partial charge in [0.15, 0.2) is 11.7 Å². The Bertz CT molecular complexity index is 849. The highest BCUT2D eigenvalue weighted by Gasteiger charge is 2.33. The number of nitrogens with zero attached hydrogens (tertiary/aromatic N) is 3. The number of likely N-dealkylation sites (tertiary alicyclic amines) is 1. The monoisotopic (exact) mass is 441 g/mol. The SMILES string of the molecule is CN=C(NCc1nc(C(F)(F)F)cs1)NCC(c1cccc(OC)c1)N1CCCC1. The highest BCUT2D eigenvalue weighted by Crippen LogP contribution is 2.30. The number of hydrogen-bond acceptors (Lipinski definition) is 5. The van der Waals surface area contributed by atoms with Gasteiger partial charge in [-0.05, 0) is 43.6 Å². The van der Waals surface area contributed by atoms with Gasteiger partial charge < -0.3 is 15.4 Å². The number of thiazole rings is 1. The van der Waals surface area contributed by atoms with E-state index in [9.17, 15) is 13.2 Å². The van der Waals surface area contributed by atoms with Crippen LogP contribution in [-0.2, 0) is 12.7 Å². The number of alkyl halides is 3. The van der Waals surface area contributed by atoms with Gasteiger partial charge in [-0.25, -0.2) is 4.98 Å². The molecule has 1 aromatic carbocycles. The molecule has 0 bridgehead atoms. The lowest BCUT2D eigenvalue weighted by atomic mass is 10.1. The summed E-state index contributed by atoms with van der Waals surface area (Å²) in [5.74, 6) is 1.33. The molecule has 2 N–H and O–H groups in total. The molecule has 2 aromatic rings. The number of methoxy groups -OCH3 is 1. The lowest BCUT2D eigenvalue weighted by Gasteiger charge is -2.29. The lowest BCUT2D eigenvalue weighted by Crippen LogP contribution is -2.42. The Kier molecular flexibility index (Phi) is 7.54. The number of rotatable bonds is 7. The molecule has 1 aliphatic rings. The molecule has 1 unspecified atom stereocenters. The molecule has 30 heavy (non-hydrogen) atoms. The van der Waals surface area contributed by atoms with Crippen molar-refractivity contribution in [1.29, 1.82) is 0 Å². The summed E-state index contributed by atoms with van der Waals surface area (Å²) < 4.78 is 43.5. The summed E-state index contributed by atoms with van der Waals surface area (Å²) in [7, 11) is 3.28. The first-order chi connectivity index (χ1) is 14.4. The van der Waals surface area contributed by atoms with Gasteiger partial charge in [0.25, 0.3) is 0 Å². The Labute approximate surface area is 178 Å². The van der Waals surface area contributed by atoms with Crippen LogP contribution >= 0.6 is 11.3 Å². The molecular weight excluding hydrogens is 415 g/mol. The van der Waals surface area contributed by atoms with E-state index in [0.29, 0.717) is 17.5 Å². The fraction of sp³-hybridized carbons (Fsp3) is 0.500. The molecule has 3 rings (SSSR count). The molecule has 0 spiro atoms. The smallest absolute Gasteiger partial charge is 0.434 e. The maximum atomic E-state index is 12.7. The molecule has 1 aliphatic heterocycles. The first kappa shape index (κ1) is 22.4. The molecule has 1 saturated heterocycles. The Hall–Kier alpha value is -2.33. The number of ether oxygens (including phenoxy) is 1. The molecule has 0 radical (unpaired) electrons. The number of benzene rings is 1. The van der Waals surface area contributed by atoms with E-state index in [-0.39, 0.29) is 12.6 Å². The standard InChI is InChI=1S/C20H26F3N5OS/c1-24-19(26-12-18-27-17(13-30-18)20(21,22)23)25-11-16(28-8-3-4-9-28)14-6-5-7-15(10-14)29-2/h5-7,10,13,16H,3-4,8-9,11-12H2,1-2H3,(H2,24,25,26). The van der Waals surface area contributed by atoms with Gasteiger partial charge in [0.05, 0.1) is 19.7 Å². The van der Waals surface area contributed by atoms with Crippen LogP contribution in [-0.4, -0.2) is 49.6 Å². The topological polar surface area (TPSA) is 61.8 Å². The van der Waals surface area contributed by atoms with Crippen LogP contribution in [0.5, 0.6) is 5.75 Å². The first-order valence-corrected chi connectivity index (χ1v) is 10.6. The van der Waals surface area contributed by atoms with Gasteiger partial charge in [-0.3, -0.25) is 9.89 Å². The van der Waals surface area contributed by atoms with E-state index in [4.69, 9.17) is 4.74 Å². The Morgan fingerprint density at radius 2 is 2.07 bits per heavy atom. The maximum Gasteiger partial charge on any atom is 0.434 e. The van der Waals surface area contributed by atoms with Crippen molar-refractivity contribution in [3.05, 3.63) is 45.9 Å². The molecule has 0 aliphatic carbocycles. The number of nitrogens with one attached hydrogen (secondary N) is 2. The third kappa shape index (κ3) is 5.85. The number of aromatic nitrogens is 1. The number of aliphatic imine (C=N–C) groups is 1. The van der Waals surface area contributed by atoms with E-state index in [2.05, 4.69) is 31.6 Å². The van der Waals surface area contributed by atoms with Crippen molar-refractivity contribution in [3.63, 3.8) is 0 Å². The molecule has 1 aromatic heterocycles. The second-order valence-electron chi connectivity index (χ2n) is 6.97. The zero-order valence-corrected chi connectivity index (χ0v) is 17.8. The van der Waals surface area contributed by atoms with Gasteiger partial charge in [-0.1, -0.05) is 12.1 Å². The molecule has 164 valence electrons. The van der Waals surface area contributed by atoms with E-state index < -0.39 is 11.9 Å². The summed E-state index contributed by atoms with van der Waals surface area (Å²) in [4.78, 5) is 10.3. The van der Waals surface area contributed by atoms with Gasteiger partial charge in [0.1, 0.15) is 10.8 Å². The normalized spacial score (nSPS) is 16.5. The second-order valence-corrected chi connectivity index (χ2v) is 7.91. The largest absolute Gasteiger partial charge is 0.497 e. The van der Waals surface area contributed by atoms with Gasteiger partial charge in [0.2, 0.25) is 0 Å². The van der Waals surface area contributed by atoms with Crippen LogP contribution in [0.3, 0.4) is 0 Å². The molecule has 10 heteroatoms. The fourth-order valence-corrected chi connectivity index (χ4v) is 4.20. The van der Waals surface area contributed by atoms with Gasteiger partial charge in [-0.2, -0.15) is 13.2 Å². The van der Waals surface area contributed by atoms with Crippen LogP contribution in [0.4, 0.5) is 13.2 Å². The van der Waals surface area contributed by atoms with Crippen LogP contribution in [0.2, 0.25) is 0 Å². The number of halogens is 3. The Morgan fingerprint density at radius 3 is 2.70 bits per heavy atom. The van der Waals surface area contributed by atoms with Gasteiger partial charge >= 0.3 is 6.18 Å². The summed E-state index contributed by atoms with van der Waals surface area (Å²) >= 11 is 0.976.